The van der Waals surface area contributed by atoms with Crippen LogP contribution in [0.15, 0.2) is 17.8 Å². The summed E-state index contributed by atoms with van der Waals surface area (Å²) in [6, 6.07) is 2.98. The van der Waals surface area contributed by atoms with Crippen LogP contribution in [0.4, 0.5) is 0 Å². The van der Waals surface area contributed by atoms with E-state index in [1.807, 2.05) is 0 Å². The summed E-state index contributed by atoms with van der Waals surface area (Å²) in [5.41, 5.74) is 1.27. The molecule has 0 atom stereocenters. The van der Waals surface area contributed by atoms with E-state index in [9.17, 15) is 15.0 Å². The second kappa shape index (κ2) is 4.74. The third kappa shape index (κ3) is 1.99. The van der Waals surface area contributed by atoms with Gasteiger partial charge in [-0.15, -0.1) is 0 Å². The first-order valence-electron chi connectivity index (χ1n) is 6.71. The SMILES string of the molecule is COc1c(O)cc(C=C2C(=O)C3CCN2CC3)cc1O. The quantitative estimate of drug-likeness (QED) is 0.805. The molecule has 0 spiro atoms. The number of Topliss-reactive ketones (excluding diaryl/α,β-unsaturated/α-hetero) is 1. The zero-order valence-corrected chi connectivity index (χ0v) is 11.3. The van der Waals surface area contributed by atoms with Crippen LogP contribution in [-0.4, -0.2) is 41.1 Å². The molecule has 3 heterocycles. The van der Waals surface area contributed by atoms with Crippen molar-refractivity contribution in [3.8, 4) is 17.2 Å². The number of nitrogens with zero attached hydrogens (tertiary/aromatic N) is 1. The third-order valence-electron chi connectivity index (χ3n) is 4.04. The molecule has 1 aromatic carbocycles. The van der Waals surface area contributed by atoms with Crippen LogP contribution in [0.25, 0.3) is 6.08 Å². The van der Waals surface area contributed by atoms with Gasteiger partial charge in [0, 0.05) is 19.0 Å². The van der Waals surface area contributed by atoms with Gasteiger partial charge in [0.25, 0.3) is 0 Å². The molecule has 5 nitrogen and oxygen atoms in total. The van der Waals surface area contributed by atoms with Crippen LogP contribution in [0.5, 0.6) is 17.2 Å². The molecule has 106 valence electrons. The summed E-state index contributed by atoms with van der Waals surface area (Å²) in [6.45, 7) is 1.80. The summed E-state index contributed by atoms with van der Waals surface area (Å²) in [7, 11) is 1.38. The van der Waals surface area contributed by atoms with Crippen LogP contribution in [0.2, 0.25) is 0 Å². The van der Waals surface area contributed by atoms with Crippen molar-refractivity contribution >= 4 is 11.9 Å². The minimum Gasteiger partial charge on any atom is -0.504 e. The standard InChI is InChI=1S/C15H17NO4/c1-20-15-12(17)7-9(8-13(15)18)6-11-14(19)10-2-4-16(11)5-3-10/h6-8,10,17-18H,2-5H2,1H3. The molecule has 3 aliphatic rings. The average molecular weight is 275 g/mol. The molecule has 2 N–H and O–H groups in total. The fraction of sp³-hybridized carbons (Fsp3) is 0.400. The second-order valence-electron chi connectivity index (χ2n) is 5.25. The molecule has 2 bridgehead atoms. The minimum atomic E-state index is -0.136. The number of benzene rings is 1. The van der Waals surface area contributed by atoms with E-state index >= 15 is 0 Å². The van der Waals surface area contributed by atoms with E-state index in [-0.39, 0.29) is 28.9 Å². The number of piperidine rings is 3. The number of hydrogen-bond acceptors (Lipinski definition) is 5. The van der Waals surface area contributed by atoms with Crippen LogP contribution in [-0.2, 0) is 4.79 Å². The third-order valence-corrected chi connectivity index (χ3v) is 4.04. The zero-order chi connectivity index (χ0) is 14.3. The van der Waals surface area contributed by atoms with Crippen molar-refractivity contribution in [2.45, 2.75) is 12.8 Å². The summed E-state index contributed by atoms with van der Waals surface area (Å²) in [5.74, 6) is 0.0680. The fourth-order valence-corrected chi connectivity index (χ4v) is 2.98. The lowest BCUT2D eigenvalue weighted by Gasteiger charge is -2.41. The number of ketones is 1. The van der Waals surface area contributed by atoms with Gasteiger partial charge < -0.3 is 19.8 Å². The molecule has 0 aromatic heterocycles. The first kappa shape index (κ1) is 12.8. The summed E-state index contributed by atoms with van der Waals surface area (Å²) < 4.78 is 4.89. The Morgan fingerprint density at radius 3 is 2.35 bits per heavy atom. The topological polar surface area (TPSA) is 70.0 Å². The predicted molar refractivity (Wildman–Crippen MR) is 73.6 cm³/mol. The number of ether oxygens (including phenoxy) is 1. The molecule has 1 aromatic rings. The number of fused-ring (bicyclic) bond motifs is 3. The van der Waals surface area contributed by atoms with Gasteiger partial charge in [-0.25, -0.2) is 0 Å². The van der Waals surface area contributed by atoms with Crippen LogP contribution in [0, 0.1) is 5.92 Å². The molecule has 3 aliphatic heterocycles. The van der Waals surface area contributed by atoms with Gasteiger partial charge >= 0.3 is 0 Å². The number of rotatable bonds is 2. The fourth-order valence-electron chi connectivity index (χ4n) is 2.98. The lowest BCUT2D eigenvalue weighted by molar-refractivity contribution is -0.125. The molecule has 20 heavy (non-hydrogen) atoms. The van der Waals surface area contributed by atoms with Crippen molar-refractivity contribution in [1.82, 2.24) is 4.90 Å². The van der Waals surface area contributed by atoms with E-state index in [0.717, 1.165) is 25.9 Å². The Kier molecular flexibility index (Phi) is 3.04. The Balaban J connectivity index is 1.98. The molecule has 0 amide bonds. The van der Waals surface area contributed by atoms with Gasteiger partial charge in [0.2, 0.25) is 5.75 Å². The molecular formula is C15H17NO4. The molecule has 0 saturated carbocycles. The molecule has 0 aliphatic carbocycles. The van der Waals surface area contributed by atoms with Crippen LogP contribution < -0.4 is 4.74 Å². The van der Waals surface area contributed by atoms with Gasteiger partial charge in [0.1, 0.15) is 0 Å². The van der Waals surface area contributed by atoms with Crippen LogP contribution >= 0.6 is 0 Å². The molecule has 0 unspecified atom stereocenters. The number of phenols is 2. The predicted octanol–water partition coefficient (Wildman–Crippen LogP) is 1.74. The number of methoxy groups -OCH3 is 1. The van der Waals surface area contributed by atoms with Gasteiger partial charge in [-0.3, -0.25) is 4.79 Å². The molecule has 4 rings (SSSR count). The van der Waals surface area contributed by atoms with Gasteiger partial charge in [-0.1, -0.05) is 0 Å². The number of hydrogen-bond donors (Lipinski definition) is 2. The summed E-state index contributed by atoms with van der Waals surface area (Å²) >= 11 is 0. The smallest absolute Gasteiger partial charge is 0.202 e. The highest BCUT2D eigenvalue weighted by atomic mass is 16.5. The Bertz CT molecular complexity index is 563. The zero-order valence-electron chi connectivity index (χ0n) is 11.3. The molecular weight excluding hydrogens is 258 g/mol. The Hall–Kier alpha value is -2.17. The van der Waals surface area contributed by atoms with Gasteiger partial charge in [0.15, 0.2) is 17.3 Å². The van der Waals surface area contributed by atoms with Gasteiger partial charge in [-0.05, 0) is 36.6 Å². The normalized spacial score (nSPS) is 20.8. The monoisotopic (exact) mass is 275 g/mol. The van der Waals surface area contributed by atoms with Crippen molar-refractivity contribution in [3.63, 3.8) is 0 Å². The van der Waals surface area contributed by atoms with Crippen LogP contribution in [0.3, 0.4) is 0 Å². The van der Waals surface area contributed by atoms with E-state index in [1.165, 1.54) is 19.2 Å². The maximum atomic E-state index is 12.2. The Labute approximate surface area is 117 Å². The van der Waals surface area contributed by atoms with Crippen molar-refractivity contribution in [2.24, 2.45) is 5.92 Å². The highest BCUT2D eigenvalue weighted by Crippen LogP contribution is 2.38. The number of carbonyl (C=O) groups excluding carboxylic acids is 1. The van der Waals surface area contributed by atoms with E-state index < -0.39 is 0 Å². The lowest BCUT2D eigenvalue weighted by atomic mass is 9.84. The number of allylic oxidation sites excluding steroid dienone is 1. The summed E-state index contributed by atoms with van der Waals surface area (Å²) in [4.78, 5) is 14.3. The van der Waals surface area contributed by atoms with E-state index in [4.69, 9.17) is 4.74 Å². The van der Waals surface area contributed by atoms with E-state index in [0.29, 0.717) is 11.3 Å². The van der Waals surface area contributed by atoms with E-state index in [2.05, 4.69) is 4.90 Å². The van der Waals surface area contributed by atoms with Crippen molar-refractivity contribution < 1.29 is 19.7 Å². The molecule has 3 saturated heterocycles. The van der Waals surface area contributed by atoms with Gasteiger partial charge in [-0.2, -0.15) is 0 Å². The summed E-state index contributed by atoms with van der Waals surface area (Å²) in [6.07, 6.45) is 3.58. The number of carbonyl (C=O) groups is 1. The Morgan fingerprint density at radius 2 is 1.85 bits per heavy atom. The van der Waals surface area contributed by atoms with E-state index in [1.54, 1.807) is 6.08 Å². The van der Waals surface area contributed by atoms with Crippen molar-refractivity contribution in [3.05, 3.63) is 23.4 Å². The largest absolute Gasteiger partial charge is 0.504 e. The molecule has 0 radical (unpaired) electrons. The van der Waals surface area contributed by atoms with Crippen molar-refractivity contribution in [1.29, 1.82) is 0 Å². The average Bonchev–Trinajstić information content (AvgIpc) is 2.43. The first-order chi connectivity index (χ1) is 9.60. The van der Waals surface area contributed by atoms with Crippen LogP contribution in [0.1, 0.15) is 18.4 Å². The highest BCUT2D eigenvalue weighted by Gasteiger charge is 2.36. The first-order valence-corrected chi connectivity index (χ1v) is 6.71. The number of aromatic hydroxyl groups is 2. The second-order valence-corrected chi connectivity index (χ2v) is 5.25. The summed E-state index contributed by atoms with van der Waals surface area (Å²) in [5, 5.41) is 19.6. The lowest BCUT2D eigenvalue weighted by Crippen LogP contribution is -2.45. The maximum absolute atomic E-state index is 12.2. The maximum Gasteiger partial charge on any atom is 0.202 e. The molecule has 5 heteroatoms. The van der Waals surface area contributed by atoms with Crippen molar-refractivity contribution in [2.75, 3.05) is 20.2 Å². The van der Waals surface area contributed by atoms with Gasteiger partial charge in [0.05, 0.1) is 12.8 Å². The highest BCUT2D eigenvalue weighted by molar-refractivity contribution is 6.02. The minimum absolute atomic E-state index is 0.0453. The Morgan fingerprint density at radius 1 is 1.25 bits per heavy atom. The number of phenolic OH excluding ortho intramolecular Hbond substituents is 2. The molecule has 3 fully saturated rings.